The van der Waals surface area contributed by atoms with E-state index in [1.165, 1.54) is 83.1 Å². The van der Waals surface area contributed by atoms with Crippen LogP contribution in [0.3, 0.4) is 0 Å². The van der Waals surface area contributed by atoms with E-state index in [2.05, 4.69) is 51.1 Å². The monoisotopic (exact) mass is 549 g/mol. The van der Waals surface area contributed by atoms with E-state index in [9.17, 15) is 0 Å². The first-order valence-corrected chi connectivity index (χ1v) is 20.8. The Morgan fingerprint density at radius 2 is 1.61 bits per heavy atom. The van der Waals surface area contributed by atoms with E-state index in [0.717, 1.165) is 22.9 Å². The molecule has 1 aromatic rings. The van der Waals surface area contributed by atoms with Crippen LogP contribution in [-0.2, 0) is 6.42 Å². The number of hydrogen-bond donors (Lipinski definition) is 0. The molecule has 1 saturated carbocycles. The molecule has 0 N–H and O–H groups in total. The third-order valence-corrected chi connectivity index (χ3v) is 23.4. The van der Waals surface area contributed by atoms with E-state index in [0.29, 0.717) is 6.42 Å². The van der Waals surface area contributed by atoms with E-state index in [-0.39, 0.29) is 0 Å². The van der Waals surface area contributed by atoms with Gasteiger partial charge in [-0.25, -0.2) is 0 Å². The fourth-order valence-corrected chi connectivity index (χ4v) is 22.8. The maximum atomic E-state index is 8.98. The average Bonchev–Trinajstić information content (AvgIpc) is 3.30. The molecule has 1 aliphatic rings. The SMILES string of the molecule is CCC[CH2][Sn]([CH2]CCC)([CH2]CCC)/[C](=C/C1CCCC1)c1ccc(CCC#N)c(Cl)c1. The molecule has 0 unspecified atom stereocenters. The molecule has 0 bridgehead atoms. The minimum atomic E-state index is -2.57. The Balaban J connectivity index is 2.54. The first-order chi connectivity index (χ1) is 15.1. The molecule has 172 valence electrons. The van der Waals surface area contributed by atoms with Crippen molar-refractivity contribution in [3.05, 3.63) is 40.4 Å². The number of nitrogens with zero attached hydrogens (tertiary/aromatic N) is 1. The molecule has 0 amide bonds. The number of unbranched alkanes of at least 4 members (excludes halogenated alkanes) is 3. The van der Waals surface area contributed by atoms with Crippen molar-refractivity contribution in [2.24, 2.45) is 5.92 Å². The number of benzene rings is 1. The first-order valence-electron chi connectivity index (χ1n) is 13.0. The zero-order chi connectivity index (χ0) is 22.5. The zero-order valence-corrected chi connectivity index (χ0v) is 23.9. The predicted octanol–water partition coefficient (Wildman–Crippen LogP) is 9.76. The van der Waals surface area contributed by atoms with Crippen LogP contribution < -0.4 is 0 Å². The fourth-order valence-electron chi connectivity index (χ4n) is 5.37. The van der Waals surface area contributed by atoms with Gasteiger partial charge in [0.15, 0.2) is 0 Å². The van der Waals surface area contributed by atoms with Crippen molar-refractivity contribution in [1.82, 2.24) is 0 Å². The van der Waals surface area contributed by atoms with E-state index >= 15 is 0 Å². The zero-order valence-electron chi connectivity index (χ0n) is 20.3. The number of rotatable bonds is 14. The molecule has 31 heavy (non-hydrogen) atoms. The van der Waals surface area contributed by atoms with Gasteiger partial charge >= 0.3 is 202 Å². The molecule has 3 heteroatoms. The Hall–Kier alpha value is -0.461. The van der Waals surface area contributed by atoms with Gasteiger partial charge in [-0.05, 0) is 0 Å². The van der Waals surface area contributed by atoms with E-state index < -0.39 is 18.4 Å². The molecule has 0 spiro atoms. The van der Waals surface area contributed by atoms with Gasteiger partial charge in [0.25, 0.3) is 0 Å². The molecule has 1 aromatic carbocycles. The maximum absolute atomic E-state index is 8.98. The van der Waals surface area contributed by atoms with Crippen molar-refractivity contribution in [3.63, 3.8) is 0 Å². The van der Waals surface area contributed by atoms with Gasteiger partial charge in [0.05, 0.1) is 0 Å². The van der Waals surface area contributed by atoms with Crippen molar-refractivity contribution in [3.8, 4) is 6.07 Å². The summed E-state index contributed by atoms with van der Waals surface area (Å²) in [5, 5.41) is 9.85. The van der Waals surface area contributed by atoms with Crippen LogP contribution in [0.1, 0.15) is 103 Å². The quantitative estimate of drug-likeness (QED) is 0.212. The summed E-state index contributed by atoms with van der Waals surface area (Å²) < 4.78 is 6.29. The van der Waals surface area contributed by atoms with Crippen LogP contribution in [-0.4, -0.2) is 18.4 Å². The van der Waals surface area contributed by atoms with Crippen molar-refractivity contribution in [1.29, 1.82) is 5.26 Å². The second-order valence-corrected chi connectivity index (χ2v) is 23.2. The third-order valence-electron chi connectivity index (χ3n) is 7.27. The molecular weight excluding hydrogens is 504 g/mol. The van der Waals surface area contributed by atoms with Crippen molar-refractivity contribution < 1.29 is 0 Å². The van der Waals surface area contributed by atoms with E-state index in [1.54, 1.807) is 3.59 Å². The van der Waals surface area contributed by atoms with Gasteiger partial charge in [-0.1, -0.05) is 0 Å². The molecule has 2 rings (SSSR count). The third kappa shape index (κ3) is 8.12. The van der Waals surface area contributed by atoms with Crippen LogP contribution in [0.4, 0.5) is 0 Å². The predicted molar refractivity (Wildman–Crippen MR) is 140 cm³/mol. The standard InChI is InChI=1S/C16H17ClN.3C4H9.Sn/c17-16-12-14(8-7-13-4-1-2-5-13)9-10-15(16)6-3-11-18;3*1-3-4-2;/h7,9-10,12-13H,1-6H2;3*1,3-4H2,2H3;. The average molecular weight is 549 g/mol. The molecule has 0 atom stereocenters. The van der Waals surface area contributed by atoms with Crippen molar-refractivity contribution in [2.45, 2.75) is 111 Å². The number of aryl methyl sites for hydroxylation is 1. The Morgan fingerprint density at radius 3 is 2.10 bits per heavy atom. The summed E-state index contributed by atoms with van der Waals surface area (Å²) in [6, 6.07) is 9.10. The second-order valence-electron chi connectivity index (χ2n) is 9.68. The number of halogens is 1. The normalized spacial score (nSPS) is 15.4. The van der Waals surface area contributed by atoms with Gasteiger partial charge in [0, 0.05) is 0 Å². The van der Waals surface area contributed by atoms with Crippen LogP contribution in [0.5, 0.6) is 0 Å². The summed E-state index contributed by atoms with van der Waals surface area (Å²) in [6.45, 7) is 7.08. The molecule has 0 aromatic heterocycles. The Labute approximate surface area is 201 Å². The molecule has 1 nitrogen and oxygen atoms in total. The van der Waals surface area contributed by atoms with Gasteiger partial charge in [-0.3, -0.25) is 0 Å². The van der Waals surface area contributed by atoms with Gasteiger partial charge in [-0.15, -0.1) is 0 Å². The van der Waals surface area contributed by atoms with Gasteiger partial charge < -0.3 is 0 Å². The van der Waals surface area contributed by atoms with E-state index in [1.807, 2.05) is 0 Å². The molecule has 1 fully saturated rings. The summed E-state index contributed by atoms with van der Waals surface area (Å²) in [5.41, 5.74) is 2.56. The minimum absolute atomic E-state index is 0.538. The Bertz CT molecular complexity index is 705. The van der Waals surface area contributed by atoms with Crippen LogP contribution in [0.2, 0.25) is 18.3 Å². The number of allylic oxidation sites excluding steroid dienone is 1. The van der Waals surface area contributed by atoms with Gasteiger partial charge in [0.2, 0.25) is 0 Å². The van der Waals surface area contributed by atoms with E-state index in [4.69, 9.17) is 16.9 Å². The second kappa shape index (κ2) is 14.6. The molecule has 1 aliphatic carbocycles. The first kappa shape index (κ1) is 26.8. The van der Waals surface area contributed by atoms with Crippen molar-refractivity contribution >= 4 is 33.6 Å². The summed E-state index contributed by atoms with van der Waals surface area (Å²) in [6.07, 6.45) is 17.7. The molecule has 0 radical (unpaired) electrons. The summed E-state index contributed by atoms with van der Waals surface area (Å²) >= 11 is 4.20. The number of hydrogen-bond acceptors (Lipinski definition) is 1. The molecular formula is C28H44ClNSn. The molecule has 0 aliphatic heterocycles. The fraction of sp³-hybridized carbons (Fsp3) is 0.679. The van der Waals surface area contributed by atoms with Gasteiger partial charge in [-0.2, -0.15) is 0 Å². The summed E-state index contributed by atoms with van der Waals surface area (Å²) in [4.78, 5) is 0. The topological polar surface area (TPSA) is 23.8 Å². The number of nitriles is 1. The summed E-state index contributed by atoms with van der Waals surface area (Å²) in [7, 11) is 0. The van der Waals surface area contributed by atoms with Crippen LogP contribution in [0.15, 0.2) is 24.3 Å². The Kier molecular flexibility index (Phi) is 12.7. The molecule has 0 saturated heterocycles. The van der Waals surface area contributed by atoms with Crippen molar-refractivity contribution in [2.75, 3.05) is 0 Å². The molecule has 0 heterocycles. The Morgan fingerprint density at radius 1 is 1.03 bits per heavy atom. The summed E-state index contributed by atoms with van der Waals surface area (Å²) in [5.74, 6) is 0.771. The van der Waals surface area contributed by atoms with Crippen LogP contribution in [0, 0.1) is 17.2 Å². The van der Waals surface area contributed by atoms with Crippen LogP contribution in [0.25, 0.3) is 3.59 Å². The van der Waals surface area contributed by atoms with Gasteiger partial charge in [0.1, 0.15) is 0 Å². The van der Waals surface area contributed by atoms with Crippen LogP contribution >= 0.6 is 11.6 Å².